The van der Waals surface area contributed by atoms with E-state index in [1.165, 1.54) is 19.3 Å². The third kappa shape index (κ3) is 2.42. The minimum absolute atomic E-state index is 0.202. The van der Waals surface area contributed by atoms with Crippen molar-refractivity contribution in [2.75, 3.05) is 7.05 Å². The van der Waals surface area contributed by atoms with Crippen LogP contribution in [0.15, 0.2) is 18.5 Å². The molecule has 0 radical (unpaired) electrons. The Balaban J connectivity index is 1.87. The fourth-order valence-electron chi connectivity index (χ4n) is 2.82. The summed E-state index contributed by atoms with van der Waals surface area (Å²) in [5, 5.41) is 7.74. The zero-order valence-corrected chi connectivity index (χ0v) is 11.5. The van der Waals surface area contributed by atoms with Crippen molar-refractivity contribution in [1.29, 1.82) is 0 Å². The summed E-state index contributed by atoms with van der Waals surface area (Å²) in [7, 11) is 2.00. The predicted octanol–water partition coefficient (Wildman–Crippen LogP) is 1.95. The first-order chi connectivity index (χ1) is 9.28. The Morgan fingerprint density at radius 3 is 3.05 bits per heavy atom. The van der Waals surface area contributed by atoms with E-state index in [1.807, 2.05) is 30.8 Å². The van der Waals surface area contributed by atoms with Crippen molar-refractivity contribution in [2.45, 2.75) is 44.8 Å². The molecule has 5 heteroatoms. The normalized spacial score (nSPS) is 23.7. The maximum atomic E-state index is 6.15. The van der Waals surface area contributed by atoms with Crippen LogP contribution in [0.5, 0.6) is 5.88 Å². The molecule has 2 unspecified atom stereocenters. The Morgan fingerprint density at radius 2 is 2.21 bits per heavy atom. The molecule has 5 nitrogen and oxygen atoms in total. The van der Waals surface area contributed by atoms with Crippen molar-refractivity contribution in [3.05, 3.63) is 24.2 Å². The molecule has 2 atom stereocenters. The molecule has 0 amide bonds. The number of nitrogens with one attached hydrogen (secondary N) is 1. The molecule has 102 valence electrons. The average Bonchev–Trinajstić information content (AvgIpc) is 2.81. The average molecular weight is 260 g/mol. The SMILES string of the molecule is CNC1CCCCC1Oc1nccn2nc(C)cc12. The first-order valence-electron chi connectivity index (χ1n) is 6.93. The Hall–Kier alpha value is -1.62. The highest BCUT2D eigenvalue weighted by Gasteiger charge is 2.26. The fourth-order valence-corrected chi connectivity index (χ4v) is 2.82. The van der Waals surface area contributed by atoms with Gasteiger partial charge in [-0.1, -0.05) is 6.42 Å². The van der Waals surface area contributed by atoms with Gasteiger partial charge in [-0.25, -0.2) is 9.50 Å². The van der Waals surface area contributed by atoms with E-state index in [1.54, 1.807) is 6.20 Å². The summed E-state index contributed by atoms with van der Waals surface area (Å²) in [4.78, 5) is 4.37. The minimum atomic E-state index is 0.202. The molecular formula is C14H20N4O. The third-order valence-electron chi connectivity index (χ3n) is 3.81. The second-order valence-electron chi connectivity index (χ2n) is 5.18. The molecule has 2 aromatic rings. The minimum Gasteiger partial charge on any atom is -0.471 e. The number of likely N-dealkylation sites (N-methyl/N-ethyl adjacent to an activating group) is 1. The van der Waals surface area contributed by atoms with Gasteiger partial charge in [0.15, 0.2) is 0 Å². The van der Waals surface area contributed by atoms with Crippen molar-refractivity contribution < 1.29 is 4.74 Å². The number of aryl methyl sites for hydroxylation is 1. The van der Waals surface area contributed by atoms with Crippen LogP contribution >= 0.6 is 0 Å². The van der Waals surface area contributed by atoms with Gasteiger partial charge in [0.05, 0.1) is 5.69 Å². The maximum Gasteiger partial charge on any atom is 0.240 e. The van der Waals surface area contributed by atoms with Crippen molar-refractivity contribution in [2.24, 2.45) is 0 Å². The van der Waals surface area contributed by atoms with Crippen LogP contribution in [0, 0.1) is 6.92 Å². The van der Waals surface area contributed by atoms with Crippen LogP contribution in [0.25, 0.3) is 5.52 Å². The molecule has 2 aromatic heterocycles. The first-order valence-corrected chi connectivity index (χ1v) is 6.93. The fraction of sp³-hybridized carbons (Fsp3) is 0.571. The van der Waals surface area contributed by atoms with Gasteiger partial charge < -0.3 is 10.1 Å². The third-order valence-corrected chi connectivity index (χ3v) is 3.81. The lowest BCUT2D eigenvalue weighted by atomic mass is 9.92. The Labute approximate surface area is 113 Å². The van der Waals surface area contributed by atoms with Gasteiger partial charge in [0, 0.05) is 18.4 Å². The molecule has 0 spiro atoms. The van der Waals surface area contributed by atoms with Crippen LogP contribution in [0.4, 0.5) is 0 Å². The van der Waals surface area contributed by atoms with E-state index in [0.29, 0.717) is 11.9 Å². The lowest BCUT2D eigenvalue weighted by molar-refractivity contribution is 0.114. The van der Waals surface area contributed by atoms with E-state index in [0.717, 1.165) is 17.6 Å². The Kier molecular flexibility index (Phi) is 3.38. The highest BCUT2D eigenvalue weighted by atomic mass is 16.5. The molecule has 1 N–H and O–H groups in total. The van der Waals surface area contributed by atoms with Crippen molar-refractivity contribution in [3.8, 4) is 5.88 Å². The molecule has 0 aliphatic heterocycles. The van der Waals surface area contributed by atoms with Crippen LogP contribution in [-0.4, -0.2) is 33.8 Å². The second-order valence-corrected chi connectivity index (χ2v) is 5.18. The van der Waals surface area contributed by atoms with Crippen LogP contribution in [0.1, 0.15) is 31.4 Å². The Morgan fingerprint density at radius 1 is 1.37 bits per heavy atom. The zero-order valence-electron chi connectivity index (χ0n) is 11.5. The van der Waals surface area contributed by atoms with Gasteiger partial charge >= 0.3 is 0 Å². The van der Waals surface area contributed by atoms with E-state index in [2.05, 4.69) is 15.4 Å². The highest BCUT2D eigenvalue weighted by Crippen LogP contribution is 2.25. The number of fused-ring (bicyclic) bond motifs is 1. The van der Waals surface area contributed by atoms with Crippen LogP contribution < -0.4 is 10.1 Å². The number of aromatic nitrogens is 3. The van der Waals surface area contributed by atoms with E-state index >= 15 is 0 Å². The molecular weight excluding hydrogens is 240 g/mol. The predicted molar refractivity (Wildman–Crippen MR) is 73.5 cm³/mol. The van der Waals surface area contributed by atoms with Crippen molar-refractivity contribution >= 4 is 5.52 Å². The summed E-state index contributed by atoms with van der Waals surface area (Å²) in [5.41, 5.74) is 1.92. The maximum absolute atomic E-state index is 6.15. The number of hydrogen-bond acceptors (Lipinski definition) is 4. The lowest BCUT2D eigenvalue weighted by Crippen LogP contribution is -2.43. The molecule has 2 heterocycles. The lowest BCUT2D eigenvalue weighted by Gasteiger charge is -2.31. The molecule has 19 heavy (non-hydrogen) atoms. The Bertz CT molecular complexity index is 566. The summed E-state index contributed by atoms with van der Waals surface area (Å²) in [6.45, 7) is 1.98. The molecule has 1 aliphatic carbocycles. The second kappa shape index (κ2) is 5.17. The molecule has 1 aliphatic rings. The first kappa shape index (κ1) is 12.4. The summed E-state index contributed by atoms with van der Waals surface area (Å²) < 4.78 is 7.98. The van der Waals surface area contributed by atoms with E-state index < -0.39 is 0 Å². The largest absolute Gasteiger partial charge is 0.471 e. The number of ether oxygens (including phenoxy) is 1. The monoisotopic (exact) mass is 260 g/mol. The van der Waals surface area contributed by atoms with E-state index in [4.69, 9.17) is 4.74 Å². The van der Waals surface area contributed by atoms with Gasteiger partial charge in [-0.2, -0.15) is 5.10 Å². The summed E-state index contributed by atoms with van der Waals surface area (Å²) in [6.07, 6.45) is 8.55. The summed E-state index contributed by atoms with van der Waals surface area (Å²) in [6, 6.07) is 2.43. The summed E-state index contributed by atoms with van der Waals surface area (Å²) >= 11 is 0. The van der Waals surface area contributed by atoms with Gasteiger partial charge in [-0.05, 0) is 39.3 Å². The van der Waals surface area contributed by atoms with Gasteiger partial charge in [-0.3, -0.25) is 0 Å². The topological polar surface area (TPSA) is 51.5 Å². The number of nitrogens with zero attached hydrogens (tertiary/aromatic N) is 3. The molecule has 0 aromatic carbocycles. The van der Waals surface area contributed by atoms with Crippen molar-refractivity contribution in [3.63, 3.8) is 0 Å². The molecule has 1 fully saturated rings. The van der Waals surface area contributed by atoms with Crippen LogP contribution in [0.2, 0.25) is 0 Å². The van der Waals surface area contributed by atoms with Gasteiger partial charge in [-0.15, -0.1) is 0 Å². The quantitative estimate of drug-likeness (QED) is 0.916. The summed E-state index contributed by atoms with van der Waals surface area (Å²) in [5.74, 6) is 0.690. The smallest absolute Gasteiger partial charge is 0.240 e. The molecule has 1 saturated carbocycles. The van der Waals surface area contributed by atoms with Gasteiger partial charge in [0.2, 0.25) is 5.88 Å². The van der Waals surface area contributed by atoms with Crippen LogP contribution in [-0.2, 0) is 0 Å². The molecule has 0 bridgehead atoms. The van der Waals surface area contributed by atoms with Crippen LogP contribution in [0.3, 0.4) is 0 Å². The van der Waals surface area contributed by atoms with Gasteiger partial charge in [0.1, 0.15) is 11.6 Å². The van der Waals surface area contributed by atoms with Gasteiger partial charge in [0.25, 0.3) is 0 Å². The van der Waals surface area contributed by atoms with E-state index in [9.17, 15) is 0 Å². The van der Waals surface area contributed by atoms with Crippen molar-refractivity contribution in [1.82, 2.24) is 19.9 Å². The number of hydrogen-bond donors (Lipinski definition) is 1. The molecule has 0 saturated heterocycles. The highest BCUT2D eigenvalue weighted by molar-refractivity contribution is 5.56. The molecule has 3 rings (SSSR count). The van der Waals surface area contributed by atoms with E-state index in [-0.39, 0.29) is 6.10 Å². The number of rotatable bonds is 3. The zero-order chi connectivity index (χ0) is 13.2. The standard InChI is InChI=1S/C14H20N4O/c1-10-9-12-14(16-7-8-18(12)17-10)19-13-6-4-3-5-11(13)15-2/h7-9,11,13,15H,3-6H2,1-2H3.